The van der Waals surface area contributed by atoms with E-state index >= 15 is 0 Å². The van der Waals surface area contributed by atoms with Crippen LogP contribution in [0.5, 0.6) is 0 Å². The lowest BCUT2D eigenvalue weighted by Gasteiger charge is -2.20. The van der Waals surface area contributed by atoms with Gasteiger partial charge in [-0.1, -0.05) is 26.8 Å². The first kappa shape index (κ1) is 14.1. The van der Waals surface area contributed by atoms with E-state index in [9.17, 15) is 8.78 Å². The van der Waals surface area contributed by atoms with Gasteiger partial charge < -0.3 is 5.32 Å². The summed E-state index contributed by atoms with van der Waals surface area (Å²) in [4.78, 5) is 0. The summed E-state index contributed by atoms with van der Waals surface area (Å²) in [6.07, 6.45) is 1.77. The highest BCUT2D eigenvalue weighted by Gasteiger charge is 2.11. The number of rotatable bonds is 6. The maximum atomic E-state index is 13.1. The van der Waals surface area contributed by atoms with Gasteiger partial charge in [-0.2, -0.15) is 0 Å². The molecule has 0 aromatic heterocycles. The molecule has 0 aliphatic carbocycles. The molecule has 96 valence electrons. The molecule has 0 saturated heterocycles. The van der Waals surface area contributed by atoms with Crippen LogP contribution in [0.4, 0.5) is 8.78 Å². The van der Waals surface area contributed by atoms with Crippen LogP contribution in [0, 0.1) is 17.6 Å². The first-order valence-electron chi connectivity index (χ1n) is 6.20. The van der Waals surface area contributed by atoms with Gasteiger partial charge in [0, 0.05) is 6.04 Å². The summed E-state index contributed by atoms with van der Waals surface area (Å²) in [6, 6.07) is 4.47. The second kappa shape index (κ2) is 6.70. The second-order valence-corrected chi connectivity index (χ2v) is 4.84. The molecule has 17 heavy (non-hydrogen) atoms. The molecule has 0 aliphatic rings. The third kappa shape index (κ3) is 4.82. The minimum Gasteiger partial charge on any atom is -0.314 e. The quantitative estimate of drug-likeness (QED) is 0.803. The Bertz CT molecular complexity index is 350. The van der Waals surface area contributed by atoms with Crippen molar-refractivity contribution in [2.24, 2.45) is 5.92 Å². The van der Waals surface area contributed by atoms with E-state index in [0.717, 1.165) is 24.9 Å². The van der Waals surface area contributed by atoms with Gasteiger partial charge in [0.05, 0.1) is 0 Å². The Morgan fingerprint density at radius 1 is 1.18 bits per heavy atom. The van der Waals surface area contributed by atoms with Crippen LogP contribution in [-0.4, -0.2) is 12.6 Å². The number of hydrogen-bond donors (Lipinski definition) is 1. The van der Waals surface area contributed by atoms with Gasteiger partial charge in [-0.05, 0) is 43.0 Å². The van der Waals surface area contributed by atoms with Crippen molar-refractivity contribution in [1.82, 2.24) is 5.32 Å². The molecule has 0 amide bonds. The predicted molar refractivity (Wildman–Crippen MR) is 67.0 cm³/mol. The van der Waals surface area contributed by atoms with Crippen LogP contribution in [0.3, 0.4) is 0 Å². The molecular formula is C14H21F2N. The lowest BCUT2D eigenvalue weighted by Crippen LogP contribution is -2.32. The van der Waals surface area contributed by atoms with E-state index in [2.05, 4.69) is 26.1 Å². The van der Waals surface area contributed by atoms with Crippen LogP contribution < -0.4 is 5.32 Å². The maximum absolute atomic E-state index is 13.1. The van der Waals surface area contributed by atoms with Crippen LogP contribution in [0.15, 0.2) is 18.2 Å². The molecule has 0 radical (unpaired) electrons. The summed E-state index contributed by atoms with van der Waals surface area (Å²) < 4.78 is 25.9. The van der Waals surface area contributed by atoms with Crippen molar-refractivity contribution in [3.05, 3.63) is 35.4 Å². The van der Waals surface area contributed by atoms with Crippen molar-refractivity contribution in [1.29, 1.82) is 0 Å². The van der Waals surface area contributed by atoms with E-state index in [-0.39, 0.29) is 0 Å². The Morgan fingerprint density at radius 3 is 2.41 bits per heavy atom. The lowest BCUT2D eigenvalue weighted by molar-refractivity contribution is 0.422. The number of hydrogen-bond acceptors (Lipinski definition) is 1. The predicted octanol–water partition coefficient (Wildman–Crippen LogP) is 3.53. The van der Waals surface area contributed by atoms with Crippen molar-refractivity contribution in [3.63, 3.8) is 0 Å². The number of benzene rings is 1. The zero-order valence-electron chi connectivity index (χ0n) is 10.8. The highest BCUT2D eigenvalue weighted by molar-refractivity contribution is 5.18. The van der Waals surface area contributed by atoms with Crippen LogP contribution in [0.1, 0.15) is 32.8 Å². The Hall–Kier alpha value is -0.960. The van der Waals surface area contributed by atoms with E-state index in [4.69, 9.17) is 0 Å². The molecule has 1 N–H and O–H groups in total. The fourth-order valence-corrected chi connectivity index (χ4v) is 2.05. The fourth-order valence-electron chi connectivity index (χ4n) is 2.05. The van der Waals surface area contributed by atoms with Crippen LogP contribution in [0.25, 0.3) is 0 Å². The maximum Gasteiger partial charge on any atom is 0.159 e. The summed E-state index contributed by atoms with van der Waals surface area (Å²) >= 11 is 0. The summed E-state index contributed by atoms with van der Waals surface area (Å²) in [5, 5.41) is 3.38. The second-order valence-electron chi connectivity index (χ2n) is 4.84. The third-order valence-corrected chi connectivity index (χ3v) is 2.71. The molecule has 1 rings (SSSR count). The average Bonchev–Trinajstić information content (AvgIpc) is 2.23. The molecule has 0 saturated carbocycles. The van der Waals surface area contributed by atoms with Gasteiger partial charge in [-0.25, -0.2) is 8.78 Å². The minimum absolute atomic E-state index is 0.324. The van der Waals surface area contributed by atoms with Gasteiger partial charge in [0.25, 0.3) is 0 Å². The van der Waals surface area contributed by atoms with E-state index in [1.807, 2.05) is 0 Å². The van der Waals surface area contributed by atoms with E-state index in [1.54, 1.807) is 6.07 Å². The minimum atomic E-state index is -0.780. The van der Waals surface area contributed by atoms with Crippen molar-refractivity contribution < 1.29 is 8.78 Å². The lowest BCUT2D eigenvalue weighted by atomic mass is 9.97. The molecule has 1 nitrogen and oxygen atoms in total. The summed E-state index contributed by atoms with van der Waals surface area (Å²) in [5.74, 6) is -0.954. The third-order valence-electron chi connectivity index (χ3n) is 2.71. The standard InChI is InChI=1S/C14H21F2N/c1-4-17-12(7-10(2)3)8-11-5-6-13(15)14(16)9-11/h5-6,9-10,12,17H,4,7-8H2,1-3H3. The first-order valence-corrected chi connectivity index (χ1v) is 6.20. The van der Waals surface area contributed by atoms with Gasteiger partial charge >= 0.3 is 0 Å². The summed E-state index contributed by atoms with van der Waals surface area (Å²) in [6.45, 7) is 7.27. The topological polar surface area (TPSA) is 12.0 Å². The zero-order chi connectivity index (χ0) is 12.8. The highest BCUT2D eigenvalue weighted by atomic mass is 19.2. The van der Waals surface area contributed by atoms with Gasteiger partial charge in [0.2, 0.25) is 0 Å². The molecular weight excluding hydrogens is 220 g/mol. The zero-order valence-corrected chi connectivity index (χ0v) is 10.8. The van der Waals surface area contributed by atoms with Gasteiger partial charge in [-0.15, -0.1) is 0 Å². The fraction of sp³-hybridized carbons (Fsp3) is 0.571. The molecule has 0 spiro atoms. The normalized spacial score (nSPS) is 13.1. The van der Waals surface area contributed by atoms with Crippen molar-refractivity contribution in [3.8, 4) is 0 Å². The Morgan fingerprint density at radius 2 is 1.88 bits per heavy atom. The van der Waals surface area contributed by atoms with E-state index in [1.165, 1.54) is 12.1 Å². The van der Waals surface area contributed by atoms with Crippen LogP contribution in [0.2, 0.25) is 0 Å². The molecule has 1 atom stereocenters. The SMILES string of the molecule is CCNC(Cc1ccc(F)c(F)c1)CC(C)C. The molecule has 0 bridgehead atoms. The number of nitrogens with one attached hydrogen (secondary N) is 1. The Kier molecular flexibility index (Phi) is 5.56. The van der Waals surface area contributed by atoms with Crippen molar-refractivity contribution >= 4 is 0 Å². The number of likely N-dealkylation sites (N-methyl/N-ethyl adjacent to an activating group) is 1. The molecule has 1 unspecified atom stereocenters. The van der Waals surface area contributed by atoms with Gasteiger partial charge in [0.15, 0.2) is 11.6 Å². The average molecular weight is 241 g/mol. The van der Waals surface area contributed by atoms with Crippen LogP contribution >= 0.6 is 0 Å². The molecule has 0 aliphatic heterocycles. The van der Waals surface area contributed by atoms with Crippen molar-refractivity contribution in [2.75, 3.05) is 6.54 Å². The van der Waals surface area contributed by atoms with Crippen molar-refractivity contribution in [2.45, 2.75) is 39.7 Å². The molecule has 0 heterocycles. The summed E-state index contributed by atoms with van der Waals surface area (Å²) in [7, 11) is 0. The first-order chi connectivity index (χ1) is 8.02. The monoisotopic (exact) mass is 241 g/mol. The Balaban J connectivity index is 2.67. The smallest absolute Gasteiger partial charge is 0.159 e. The highest BCUT2D eigenvalue weighted by Crippen LogP contribution is 2.14. The number of halogens is 2. The molecule has 1 aromatic rings. The largest absolute Gasteiger partial charge is 0.314 e. The summed E-state index contributed by atoms with van der Waals surface area (Å²) in [5.41, 5.74) is 0.843. The van der Waals surface area contributed by atoms with Crippen LogP contribution in [-0.2, 0) is 6.42 Å². The molecule has 1 aromatic carbocycles. The van der Waals surface area contributed by atoms with E-state index in [0.29, 0.717) is 12.0 Å². The van der Waals surface area contributed by atoms with Gasteiger partial charge in [-0.3, -0.25) is 0 Å². The van der Waals surface area contributed by atoms with Gasteiger partial charge in [0.1, 0.15) is 0 Å². The van der Waals surface area contributed by atoms with E-state index < -0.39 is 11.6 Å². The Labute approximate surface area is 102 Å². The molecule has 0 fully saturated rings. The molecule has 3 heteroatoms.